The Hall–Kier alpha value is -3.54. The van der Waals surface area contributed by atoms with Gasteiger partial charge in [-0.25, -0.2) is 0 Å². The summed E-state index contributed by atoms with van der Waals surface area (Å²) < 4.78 is 23.4. The number of carbonyl (C=O) groups is 2. The van der Waals surface area contributed by atoms with E-state index in [1.807, 2.05) is 40.8 Å². The Bertz CT molecular complexity index is 1490. The van der Waals surface area contributed by atoms with Crippen molar-refractivity contribution in [1.29, 1.82) is 0 Å². The fourth-order valence-electron chi connectivity index (χ4n) is 7.77. The lowest BCUT2D eigenvalue weighted by molar-refractivity contribution is -0.172. The quantitative estimate of drug-likeness (QED) is 0.339. The number of hydrogen-bond donors (Lipinski definition) is 3. The number of carbonyl (C=O) groups excluding carboxylic acids is 2. The van der Waals surface area contributed by atoms with Crippen LogP contribution in [-0.4, -0.2) is 77.7 Å². The minimum absolute atomic E-state index is 0.0128. The third kappa shape index (κ3) is 4.60. The van der Waals surface area contributed by atoms with Crippen LogP contribution < -0.4 is 24.3 Å². The Kier molecular flexibility index (Phi) is 7.46. The van der Waals surface area contributed by atoms with E-state index in [1.165, 1.54) is 6.92 Å². The number of rotatable bonds is 6. The van der Waals surface area contributed by atoms with E-state index in [0.717, 1.165) is 27.8 Å². The Morgan fingerprint density at radius 3 is 2.51 bits per heavy atom. The molecule has 1 unspecified atom stereocenters. The van der Waals surface area contributed by atoms with Gasteiger partial charge in [-0.15, -0.1) is 0 Å². The molecule has 4 aliphatic heterocycles. The molecule has 4 aliphatic rings. The van der Waals surface area contributed by atoms with E-state index in [4.69, 9.17) is 18.9 Å². The number of esters is 1. The molecule has 0 radical (unpaired) electrons. The van der Waals surface area contributed by atoms with Gasteiger partial charge in [0.15, 0.2) is 23.0 Å². The zero-order valence-electron chi connectivity index (χ0n) is 25.8. The number of amides is 1. The molecule has 6 rings (SSSR count). The van der Waals surface area contributed by atoms with Crippen molar-refractivity contribution in [3.8, 4) is 28.7 Å². The average molecular weight is 596 g/mol. The first-order chi connectivity index (χ1) is 20.4. The second-order valence-electron chi connectivity index (χ2n) is 12.6. The van der Waals surface area contributed by atoms with Crippen molar-refractivity contribution in [1.82, 2.24) is 15.1 Å². The largest absolute Gasteiger partial charge is 0.504 e. The average Bonchev–Trinajstić information content (AvgIpc) is 3.42. The first kappa shape index (κ1) is 29.5. The van der Waals surface area contributed by atoms with E-state index < -0.39 is 18.2 Å². The first-order valence-corrected chi connectivity index (χ1v) is 14.9. The van der Waals surface area contributed by atoms with Gasteiger partial charge in [0.05, 0.1) is 25.2 Å². The minimum Gasteiger partial charge on any atom is -0.504 e. The second-order valence-corrected chi connectivity index (χ2v) is 12.6. The highest BCUT2D eigenvalue weighted by atomic mass is 16.7. The van der Waals surface area contributed by atoms with Crippen molar-refractivity contribution < 1.29 is 38.7 Å². The van der Waals surface area contributed by atoms with Crippen LogP contribution in [0.4, 0.5) is 0 Å². The number of aliphatic hydroxyl groups excluding tert-OH is 1. The number of aromatic hydroxyl groups is 1. The van der Waals surface area contributed by atoms with Crippen LogP contribution in [0, 0.1) is 19.8 Å². The molecule has 43 heavy (non-hydrogen) atoms. The van der Waals surface area contributed by atoms with Crippen molar-refractivity contribution in [2.45, 2.75) is 84.3 Å². The van der Waals surface area contributed by atoms with E-state index >= 15 is 0 Å². The van der Waals surface area contributed by atoms with Crippen molar-refractivity contribution in [3.63, 3.8) is 0 Å². The summed E-state index contributed by atoms with van der Waals surface area (Å²) >= 11 is 0. The predicted molar refractivity (Wildman–Crippen MR) is 157 cm³/mol. The van der Waals surface area contributed by atoms with Crippen LogP contribution in [0.5, 0.6) is 28.7 Å². The van der Waals surface area contributed by atoms with Gasteiger partial charge in [0, 0.05) is 48.2 Å². The maximum absolute atomic E-state index is 12.9. The molecule has 0 saturated carbocycles. The van der Waals surface area contributed by atoms with Crippen LogP contribution >= 0.6 is 0 Å². The number of nitrogens with zero attached hydrogens (tertiary/aromatic N) is 2. The number of likely N-dealkylation sites (N-methyl/N-ethyl adjacent to an activating group) is 1. The van der Waals surface area contributed by atoms with E-state index in [1.54, 1.807) is 7.11 Å². The summed E-state index contributed by atoms with van der Waals surface area (Å²) in [5.74, 6) is 1.60. The van der Waals surface area contributed by atoms with Crippen molar-refractivity contribution in [2.24, 2.45) is 5.92 Å². The van der Waals surface area contributed by atoms with Crippen LogP contribution in [0.25, 0.3) is 0 Å². The van der Waals surface area contributed by atoms with Gasteiger partial charge < -0.3 is 34.5 Å². The molecule has 1 saturated heterocycles. The number of phenolic OH excluding ortho intramolecular Hbond substituents is 1. The third-order valence-corrected chi connectivity index (χ3v) is 9.43. The summed E-state index contributed by atoms with van der Waals surface area (Å²) in [7, 11) is 3.52. The maximum atomic E-state index is 12.9. The summed E-state index contributed by atoms with van der Waals surface area (Å²) in [4.78, 5) is 29.5. The summed E-state index contributed by atoms with van der Waals surface area (Å²) in [5, 5.41) is 26.8. The Balaban J connectivity index is 1.56. The first-order valence-electron chi connectivity index (χ1n) is 14.9. The highest BCUT2D eigenvalue weighted by molar-refractivity contribution is 5.77. The molecule has 232 valence electrons. The number of aryl methyl sites for hydroxylation is 1. The number of fused-ring (bicyclic) bond motifs is 9. The third-order valence-electron chi connectivity index (χ3n) is 9.43. The smallest absolute Gasteiger partial charge is 0.308 e. The van der Waals surface area contributed by atoms with Crippen molar-refractivity contribution in [2.75, 3.05) is 27.5 Å². The molecule has 11 nitrogen and oxygen atoms in total. The molecule has 5 atom stereocenters. The number of phenols is 1. The molecular weight excluding hydrogens is 554 g/mol. The highest BCUT2D eigenvalue weighted by Gasteiger charge is 2.56. The summed E-state index contributed by atoms with van der Waals surface area (Å²) in [6, 6.07) is 0.544. The van der Waals surface area contributed by atoms with Gasteiger partial charge in [-0.2, -0.15) is 0 Å². The Morgan fingerprint density at radius 2 is 1.84 bits per heavy atom. The van der Waals surface area contributed by atoms with Crippen LogP contribution in [0.15, 0.2) is 6.07 Å². The second kappa shape index (κ2) is 10.9. The topological polar surface area (TPSA) is 130 Å². The lowest BCUT2D eigenvalue weighted by atomic mass is 9.73. The number of hydrogen-bond acceptors (Lipinski definition) is 10. The number of nitrogens with one attached hydrogen (secondary N) is 1. The Labute approximate surface area is 251 Å². The lowest BCUT2D eigenvalue weighted by Gasteiger charge is -2.60. The maximum Gasteiger partial charge on any atom is 0.308 e. The van der Waals surface area contributed by atoms with Crippen LogP contribution in [0.3, 0.4) is 0 Å². The molecule has 2 bridgehead atoms. The molecular formula is C32H41N3O8. The van der Waals surface area contributed by atoms with Crippen molar-refractivity contribution in [3.05, 3.63) is 39.4 Å². The summed E-state index contributed by atoms with van der Waals surface area (Å²) in [6.07, 6.45) is 0.374. The lowest BCUT2D eigenvalue weighted by Crippen LogP contribution is -2.69. The normalized spacial score (nSPS) is 25.6. The van der Waals surface area contributed by atoms with Gasteiger partial charge in [0.25, 0.3) is 0 Å². The van der Waals surface area contributed by atoms with Gasteiger partial charge in [-0.05, 0) is 50.8 Å². The molecule has 3 N–H and O–H groups in total. The fourth-order valence-corrected chi connectivity index (χ4v) is 7.77. The molecule has 1 amide bonds. The molecule has 11 heteroatoms. The van der Waals surface area contributed by atoms with Crippen LogP contribution in [-0.2, 0) is 22.4 Å². The minimum atomic E-state index is -0.902. The van der Waals surface area contributed by atoms with Gasteiger partial charge in [0.1, 0.15) is 12.0 Å². The molecule has 2 aromatic carbocycles. The van der Waals surface area contributed by atoms with Gasteiger partial charge in [-0.1, -0.05) is 19.9 Å². The van der Waals surface area contributed by atoms with Crippen LogP contribution in [0.1, 0.15) is 72.7 Å². The van der Waals surface area contributed by atoms with Crippen LogP contribution in [0.2, 0.25) is 0 Å². The predicted octanol–water partition coefficient (Wildman–Crippen LogP) is 3.03. The summed E-state index contributed by atoms with van der Waals surface area (Å²) in [6.45, 7) is 9.29. The molecule has 0 spiro atoms. The molecule has 2 aromatic rings. The van der Waals surface area contributed by atoms with Gasteiger partial charge in [0.2, 0.25) is 12.7 Å². The van der Waals surface area contributed by atoms with E-state index in [2.05, 4.69) is 15.1 Å². The summed E-state index contributed by atoms with van der Waals surface area (Å²) in [5.41, 5.74) is 4.73. The molecule has 4 heterocycles. The number of methoxy groups -OCH3 is 1. The molecule has 1 fully saturated rings. The van der Waals surface area contributed by atoms with Gasteiger partial charge in [-0.3, -0.25) is 19.4 Å². The molecule has 0 aliphatic carbocycles. The molecule has 0 aromatic heterocycles. The van der Waals surface area contributed by atoms with E-state index in [-0.39, 0.29) is 49.0 Å². The number of ether oxygens (including phenoxy) is 4. The monoisotopic (exact) mass is 595 g/mol. The number of piperazine rings is 1. The van der Waals surface area contributed by atoms with Gasteiger partial charge >= 0.3 is 5.97 Å². The fraction of sp³-hybridized carbons (Fsp3) is 0.562. The number of benzene rings is 2. The standard InChI is InChI=1S/C32H41N3O8/c1-14(2)8-23(37)33-12-22-25-19(29(43-17(5)36)16(4)30-31(25)42-13-41-30)11-20-26-24-18(9-15(3)28(40-7)27(24)38)10-21(34(26)6)32(39)35(20)22/h9,14,20-22,26,32,38-39H,8,10-13H2,1-7H3,(H,33,37)/t20?,21-,22-,26-,32-/m0/s1. The number of aliphatic hydroxyl groups is 1. The highest BCUT2D eigenvalue weighted by Crippen LogP contribution is 2.58. The van der Waals surface area contributed by atoms with E-state index in [9.17, 15) is 19.8 Å². The Morgan fingerprint density at radius 1 is 1.12 bits per heavy atom. The van der Waals surface area contributed by atoms with Crippen molar-refractivity contribution >= 4 is 11.9 Å². The van der Waals surface area contributed by atoms with E-state index in [0.29, 0.717) is 47.8 Å². The SMILES string of the molecule is COc1c(C)cc2c(c1O)[C@@H]1C3Cc4c(OC(C)=O)c(C)c5c(c4[C@H](CNC(=O)CC(C)C)N3[C@@H](O)[C@H](C2)N1C)OCO5. The zero-order chi connectivity index (χ0) is 30.9. The zero-order valence-corrected chi connectivity index (χ0v) is 25.8.